The molecule has 0 unspecified atom stereocenters. The lowest BCUT2D eigenvalue weighted by Crippen LogP contribution is -2.44. The zero-order valence-corrected chi connectivity index (χ0v) is 10.4. The van der Waals surface area contributed by atoms with E-state index in [1.54, 1.807) is 18.2 Å². The van der Waals surface area contributed by atoms with Gasteiger partial charge in [0.15, 0.2) is 11.5 Å². The molecule has 19 heavy (non-hydrogen) atoms. The second-order valence-electron chi connectivity index (χ2n) is 4.08. The second kappa shape index (κ2) is 5.47. The number of ether oxygens (including phenoxy) is 2. The molecule has 3 amide bonds. The van der Waals surface area contributed by atoms with Gasteiger partial charge in [0.25, 0.3) is 0 Å². The van der Waals surface area contributed by atoms with E-state index in [0.29, 0.717) is 30.4 Å². The second-order valence-corrected chi connectivity index (χ2v) is 4.08. The zero-order valence-electron chi connectivity index (χ0n) is 10.4. The molecule has 1 aromatic carbocycles. The minimum absolute atomic E-state index is 0.474. The van der Waals surface area contributed by atoms with Crippen molar-refractivity contribution < 1.29 is 19.1 Å². The molecule has 0 aliphatic carbocycles. The average molecular weight is 265 g/mol. The van der Waals surface area contributed by atoms with Gasteiger partial charge >= 0.3 is 6.03 Å². The van der Waals surface area contributed by atoms with Crippen molar-refractivity contribution in [2.45, 2.75) is 13.0 Å². The van der Waals surface area contributed by atoms with E-state index in [2.05, 4.69) is 10.6 Å². The third-order valence-corrected chi connectivity index (χ3v) is 2.57. The maximum absolute atomic E-state index is 11.6. The van der Waals surface area contributed by atoms with Gasteiger partial charge in [-0.25, -0.2) is 4.79 Å². The number of carbonyl (C=O) groups is 2. The van der Waals surface area contributed by atoms with E-state index in [0.717, 1.165) is 0 Å². The highest BCUT2D eigenvalue weighted by Gasteiger charge is 2.14. The maximum Gasteiger partial charge on any atom is 0.319 e. The standard InChI is InChI=1S/C12H15N3O4/c1-7(11(13)16)14-12(17)15-8-2-3-9-10(6-8)19-5-4-18-9/h2-3,6-7H,4-5H2,1H3,(H2,13,16)(H2,14,15,17)/t7-/m0/s1. The molecule has 7 nitrogen and oxygen atoms in total. The fourth-order valence-electron chi connectivity index (χ4n) is 1.56. The van der Waals surface area contributed by atoms with Gasteiger partial charge in [0.05, 0.1) is 0 Å². The number of hydrogen-bond donors (Lipinski definition) is 3. The number of fused-ring (bicyclic) bond motifs is 1. The number of nitrogens with one attached hydrogen (secondary N) is 2. The number of urea groups is 1. The summed E-state index contributed by atoms with van der Waals surface area (Å²) in [5, 5.41) is 5.00. The number of primary amides is 1. The Hall–Kier alpha value is -2.44. The molecule has 1 heterocycles. The topological polar surface area (TPSA) is 103 Å². The first-order valence-corrected chi connectivity index (χ1v) is 5.83. The maximum atomic E-state index is 11.6. The Morgan fingerprint density at radius 2 is 1.95 bits per heavy atom. The summed E-state index contributed by atoms with van der Waals surface area (Å²) in [5.74, 6) is 0.618. The van der Waals surface area contributed by atoms with Gasteiger partial charge in [-0.05, 0) is 19.1 Å². The van der Waals surface area contributed by atoms with E-state index in [9.17, 15) is 9.59 Å². The van der Waals surface area contributed by atoms with Crippen molar-refractivity contribution in [1.29, 1.82) is 0 Å². The minimum atomic E-state index is -0.739. The largest absolute Gasteiger partial charge is 0.486 e. The lowest BCUT2D eigenvalue weighted by atomic mass is 10.2. The SMILES string of the molecule is C[C@H](NC(=O)Nc1ccc2c(c1)OCCO2)C(N)=O. The first kappa shape index (κ1) is 13.0. The highest BCUT2D eigenvalue weighted by Crippen LogP contribution is 2.32. The smallest absolute Gasteiger partial charge is 0.319 e. The summed E-state index contributed by atoms with van der Waals surface area (Å²) in [6.45, 7) is 2.49. The summed E-state index contributed by atoms with van der Waals surface area (Å²) in [6, 6.07) is 3.80. The predicted molar refractivity (Wildman–Crippen MR) is 68.2 cm³/mol. The summed E-state index contributed by atoms with van der Waals surface area (Å²) in [5.41, 5.74) is 5.59. The summed E-state index contributed by atoms with van der Waals surface area (Å²) in [7, 11) is 0. The van der Waals surface area contributed by atoms with Crippen LogP contribution in [-0.4, -0.2) is 31.2 Å². The van der Waals surface area contributed by atoms with E-state index < -0.39 is 18.0 Å². The van der Waals surface area contributed by atoms with E-state index in [1.165, 1.54) is 6.92 Å². The Morgan fingerprint density at radius 3 is 2.63 bits per heavy atom. The van der Waals surface area contributed by atoms with Crippen molar-refractivity contribution in [2.24, 2.45) is 5.73 Å². The van der Waals surface area contributed by atoms with Crippen molar-refractivity contribution >= 4 is 17.6 Å². The van der Waals surface area contributed by atoms with E-state index in [1.807, 2.05) is 0 Å². The Morgan fingerprint density at radius 1 is 1.26 bits per heavy atom. The van der Waals surface area contributed by atoms with Crippen LogP contribution in [0.2, 0.25) is 0 Å². The quantitative estimate of drug-likeness (QED) is 0.738. The van der Waals surface area contributed by atoms with Gasteiger partial charge in [0, 0.05) is 11.8 Å². The Bertz CT molecular complexity index is 504. The number of rotatable bonds is 3. The van der Waals surface area contributed by atoms with Crippen molar-refractivity contribution in [1.82, 2.24) is 5.32 Å². The van der Waals surface area contributed by atoms with Gasteiger partial charge in [-0.15, -0.1) is 0 Å². The zero-order chi connectivity index (χ0) is 13.8. The monoisotopic (exact) mass is 265 g/mol. The molecule has 2 rings (SSSR count). The minimum Gasteiger partial charge on any atom is -0.486 e. The number of carbonyl (C=O) groups excluding carboxylic acids is 2. The molecule has 4 N–H and O–H groups in total. The molecule has 0 saturated heterocycles. The van der Waals surface area contributed by atoms with E-state index >= 15 is 0 Å². The molecular weight excluding hydrogens is 250 g/mol. The normalized spacial score (nSPS) is 14.4. The van der Waals surface area contributed by atoms with Crippen molar-refractivity contribution in [2.75, 3.05) is 18.5 Å². The summed E-state index contributed by atoms with van der Waals surface area (Å²) >= 11 is 0. The molecule has 1 atom stereocenters. The van der Waals surface area contributed by atoms with Crippen LogP contribution in [0.3, 0.4) is 0 Å². The highest BCUT2D eigenvalue weighted by atomic mass is 16.6. The summed E-state index contributed by atoms with van der Waals surface area (Å²) in [4.78, 5) is 22.4. The Kier molecular flexibility index (Phi) is 3.74. The molecule has 0 aromatic heterocycles. The van der Waals surface area contributed by atoms with Crippen LogP contribution in [0, 0.1) is 0 Å². The molecule has 0 bridgehead atoms. The Balaban J connectivity index is 1.99. The first-order chi connectivity index (χ1) is 9.06. The number of anilines is 1. The van der Waals surface area contributed by atoms with Crippen LogP contribution in [-0.2, 0) is 4.79 Å². The molecule has 102 valence electrons. The third-order valence-electron chi connectivity index (χ3n) is 2.57. The molecular formula is C12H15N3O4. The van der Waals surface area contributed by atoms with Gasteiger partial charge < -0.3 is 25.8 Å². The van der Waals surface area contributed by atoms with Crippen LogP contribution in [0.15, 0.2) is 18.2 Å². The molecule has 0 spiro atoms. The van der Waals surface area contributed by atoms with Crippen LogP contribution in [0.1, 0.15) is 6.92 Å². The molecule has 0 saturated carbocycles. The van der Waals surface area contributed by atoms with Crippen LogP contribution in [0.5, 0.6) is 11.5 Å². The fraction of sp³-hybridized carbons (Fsp3) is 0.333. The molecule has 7 heteroatoms. The Labute approximate surface area is 110 Å². The van der Waals surface area contributed by atoms with Crippen molar-refractivity contribution in [3.8, 4) is 11.5 Å². The molecule has 1 aliphatic rings. The number of hydrogen-bond acceptors (Lipinski definition) is 4. The average Bonchev–Trinajstić information content (AvgIpc) is 2.38. The van der Waals surface area contributed by atoms with E-state index in [-0.39, 0.29) is 0 Å². The molecule has 1 aromatic rings. The molecule has 0 radical (unpaired) electrons. The van der Waals surface area contributed by atoms with Crippen LogP contribution >= 0.6 is 0 Å². The molecule has 0 fully saturated rings. The number of amides is 3. The van der Waals surface area contributed by atoms with Crippen molar-refractivity contribution in [3.05, 3.63) is 18.2 Å². The number of benzene rings is 1. The molecule has 1 aliphatic heterocycles. The summed E-state index contributed by atoms with van der Waals surface area (Å²) in [6.07, 6.45) is 0. The van der Waals surface area contributed by atoms with Gasteiger partial charge in [0.1, 0.15) is 19.3 Å². The van der Waals surface area contributed by atoms with Gasteiger partial charge in [0.2, 0.25) is 5.91 Å². The highest BCUT2D eigenvalue weighted by molar-refractivity contribution is 5.93. The van der Waals surface area contributed by atoms with Crippen LogP contribution in [0.25, 0.3) is 0 Å². The predicted octanol–water partition coefficient (Wildman–Crippen LogP) is 0.453. The number of nitrogens with two attached hydrogens (primary N) is 1. The van der Waals surface area contributed by atoms with Crippen molar-refractivity contribution in [3.63, 3.8) is 0 Å². The van der Waals surface area contributed by atoms with E-state index in [4.69, 9.17) is 15.2 Å². The van der Waals surface area contributed by atoms with Crippen LogP contribution < -0.4 is 25.8 Å². The summed E-state index contributed by atoms with van der Waals surface area (Å²) < 4.78 is 10.8. The first-order valence-electron chi connectivity index (χ1n) is 5.83. The van der Waals surface area contributed by atoms with Gasteiger partial charge in [-0.1, -0.05) is 0 Å². The third kappa shape index (κ3) is 3.27. The van der Waals surface area contributed by atoms with Gasteiger partial charge in [-0.2, -0.15) is 0 Å². The lowest BCUT2D eigenvalue weighted by molar-refractivity contribution is -0.119. The van der Waals surface area contributed by atoms with Gasteiger partial charge in [-0.3, -0.25) is 4.79 Å². The van der Waals surface area contributed by atoms with Crippen LogP contribution in [0.4, 0.5) is 10.5 Å². The fourth-order valence-corrected chi connectivity index (χ4v) is 1.56. The lowest BCUT2D eigenvalue weighted by Gasteiger charge is -2.19.